The Morgan fingerprint density at radius 3 is 1.34 bits per heavy atom. The van der Waals surface area contributed by atoms with Gasteiger partial charge in [-0.15, -0.1) is 0 Å². The third-order valence-electron chi connectivity index (χ3n) is 5.03. The highest BCUT2D eigenvalue weighted by atomic mass is 16.5. The summed E-state index contributed by atoms with van der Waals surface area (Å²) in [6, 6.07) is 15.8. The van der Waals surface area contributed by atoms with E-state index in [1.807, 2.05) is 0 Å². The summed E-state index contributed by atoms with van der Waals surface area (Å²) in [5.74, 6) is -2.82. The van der Waals surface area contributed by atoms with E-state index in [0.29, 0.717) is 11.4 Å². The molecule has 0 aliphatic rings. The molecule has 0 radical (unpaired) electrons. The molecule has 35 heavy (non-hydrogen) atoms. The summed E-state index contributed by atoms with van der Waals surface area (Å²) in [5.41, 5.74) is 7.08. The first-order valence-electron chi connectivity index (χ1n) is 10.3. The van der Waals surface area contributed by atoms with Gasteiger partial charge in [0, 0.05) is 0 Å². The van der Waals surface area contributed by atoms with Crippen LogP contribution in [-0.4, -0.2) is 45.1 Å². The number of rotatable bonds is 8. The first kappa shape index (κ1) is 24.8. The van der Waals surface area contributed by atoms with Crippen LogP contribution in [0.1, 0.15) is 41.4 Å². The Hall–Kier alpha value is -4.86. The molecule has 0 aliphatic heterocycles. The highest BCUT2D eigenvalue weighted by Crippen LogP contribution is 2.34. The number of carbonyl (C=O) groups is 4. The van der Waals surface area contributed by atoms with Gasteiger partial charge in [0.2, 0.25) is 5.91 Å². The molecule has 3 aromatic carbocycles. The second kappa shape index (κ2) is 10.8. The normalized spacial score (nSPS) is 10.1. The molecule has 180 valence electrons. The Bertz CT molecular complexity index is 1300. The van der Waals surface area contributed by atoms with Crippen LogP contribution in [0, 0.1) is 0 Å². The summed E-state index contributed by atoms with van der Waals surface area (Å²) in [7, 11) is 3.69. The van der Waals surface area contributed by atoms with Crippen molar-refractivity contribution in [2.24, 2.45) is 5.73 Å². The SMILES string of the molecule is COC(=O)c1ccccc1Nc1cc(C(N)=O)c(C(=O)OC)cc1Nc1ccccc1C(=O)OC. The summed E-state index contributed by atoms with van der Waals surface area (Å²) >= 11 is 0. The number of anilines is 4. The fourth-order valence-electron chi connectivity index (χ4n) is 3.34. The second-order valence-electron chi connectivity index (χ2n) is 7.12. The minimum Gasteiger partial charge on any atom is -0.465 e. The second-order valence-corrected chi connectivity index (χ2v) is 7.12. The number of para-hydroxylation sites is 2. The summed E-state index contributed by atoms with van der Waals surface area (Å²) in [6.07, 6.45) is 0. The van der Waals surface area contributed by atoms with Crippen LogP contribution in [0.5, 0.6) is 0 Å². The maximum absolute atomic E-state index is 12.4. The van der Waals surface area contributed by atoms with Gasteiger partial charge in [0.25, 0.3) is 0 Å². The first-order chi connectivity index (χ1) is 16.8. The van der Waals surface area contributed by atoms with E-state index in [1.54, 1.807) is 48.5 Å². The van der Waals surface area contributed by atoms with Crippen LogP contribution in [0.4, 0.5) is 22.7 Å². The van der Waals surface area contributed by atoms with Crippen molar-refractivity contribution in [3.8, 4) is 0 Å². The number of nitrogens with two attached hydrogens (primary N) is 1. The number of hydrogen-bond acceptors (Lipinski definition) is 9. The van der Waals surface area contributed by atoms with Crippen LogP contribution in [0.15, 0.2) is 60.7 Å². The Labute approximate surface area is 201 Å². The van der Waals surface area contributed by atoms with Crippen molar-refractivity contribution in [3.63, 3.8) is 0 Å². The van der Waals surface area contributed by atoms with Crippen LogP contribution < -0.4 is 16.4 Å². The molecule has 0 spiro atoms. The van der Waals surface area contributed by atoms with E-state index in [2.05, 4.69) is 10.6 Å². The van der Waals surface area contributed by atoms with Crippen LogP contribution >= 0.6 is 0 Å². The lowest BCUT2D eigenvalue weighted by Crippen LogP contribution is -2.18. The third kappa shape index (κ3) is 5.38. The van der Waals surface area contributed by atoms with Gasteiger partial charge in [-0.25, -0.2) is 14.4 Å². The van der Waals surface area contributed by atoms with E-state index in [0.717, 1.165) is 0 Å². The minimum absolute atomic E-state index is 0.0927. The van der Waals surface area contributed by atoms with Crippen molar-refractivity contribution in [1.82, 2.24) is 0 Å². The molecule has 0 aliphatic carbocycles. The van der Waals surface area contributed by atoms with Crippen LogP contribution in [0.3, 0.4) is 0 Å². The molecule has 1 amide bonds. The molecule has 0 aromatic heterocycles. The lowest BCUT2D eigenvalue weighted by atomic mass is 10.0. The first-order valence-corrected chi connectivity index (χ1v) is 10.3. The largest absolute Gasteiger partial charge is 0.465 e. The molecule has 0 unspecified atom stereocenters. The van der Waals surface area contributed by atoms with Gasteiger partial charge in [-0.05, 0) is 36.4 Å². The monoisotopic (exact) mass is 477 g/mol. The third-order valence-corrected chi connectivity index (χ3v) is 5.03. The maximum Gasteiger partial charge on any atom is 0.339 e. The van der Waals surface area contributed by atoms with Gasteiger partial charge >= 0.3 is 17.9 Å². The molecule has 0 heterocycles. The van der Waals surface area contributed by atoms with E-state index in [9.17, 15) is 19.2 Å². The summed E-state index contributed by atoms with van der Waals surface area (Å²) < 4.78 is 14.5. The van der Waals surface area contributed by atoms with Gasteiger partial charge in [0.15, 0.2) is 0 Å². The van der Waals surface area contributed by atoms with E-state index in [1.165, 1.54) is 33.5 Å². The quantitative estimate of drug-likeness (QED) is 0.327. The average molecular weight is 477 g/mol. The molecule has 4 N–H and O–H groups in total. The van der Waals surface area contributed by atoms with E-state index in [-0.39, 0.29) is 33.6 Å². The lowest BCUT2D eigenvalue weighted by molar-refractivity contribution is 0.0590. The zero-order valence-electron chi connectivity index (χ0n) is 19.2. The van der Waals surface area contributed by atoms with Crippen molar-refractivity contribution >= 4 is 46.6 Å². The number of amides is 1. The predicted molar refractivity (Wildman–Crippen MR) is 128 cm³/mol. The molecular weight excluding hydrogens is 454 g/mol. The van der Waals surface area contributed by atoms with Gasteiger partial charge < -0.3 is 30.6 Å². The number of esters is 3. The average Bonchev–Trinajstić information content (AvgIpc) is 2.88. The molecule has 0 bridgehead atoms. The van der Waals surface area contributed by atoms with Gasteiger partial charge in [-0.2, -0.15) is 0 Å². The fraction of sp³-hybridized carbons (Fsp3) is 0.120. The van der Waals surface area contributed by atoms with Gasteiger partial charge in [0.05, 0.1) is 66.3 Å². The highest BCUT2D eigenvalue weighted by Gasteiger charge is 2.22. The molecule has 0 saturated carbocycles. The number of nitrogens with one attached hydrogen (secondary N) is 2. The molecule has 10 nitrogen and oxygen atoms in total. The highest BCUT2D eigenvalue weighted by molar-refractivity contribution is 6.08. The van der Waals surface area contributed by atoms with Crippen LogP contribution in [-0.2, 0) is 14.2 Å². The number of methoxy groups -OCH3 is 3. The Morgan fingerprint density at radius 1 is 0.571 bits per heavy atom. The van der Waals surface area contributed by atoms with Crippen molar-refractivity contribution in [3.05, 3.63) is 82.9 Å². The maximum atomic E-state index is 12.4. The Kier molecular flexibility index (Phi) is 7.67. The van der Waals surface area contributed by atoms with E-state index < -0.39 is 23.8 Å². The predicted octanol–water partition coefficient (Wildman–Crippen LogP) is 3.63. The standard InChI is InChI=1S/C25H23N3O7/c1-33-23(30)14-8-4-6-10-18(14)27-20-12-16(22(26)29)17(25(32)35-3)13-21(20)28-19-11-7-5-9-15(19)24(31)34-2/h4-13,27-28H,1-3H3,(H2,26,29). The number of carbonyl (C=O) groups excluding carboxylic acids is 4. The lowest BCUT2D eigenvalue weighted by Gasteiger charge is -2.19. The van der Waals surface area contributed by atoms with Crippen molar-refractivity contribution in [2.75, 3.05) is 32.0 Å². The molecular formula is C25H23N3O7. The number of ether oxygens (including phenoxy) is 3. The zero-order chi connectivity index (χ0) is 25.5. The van der Waals surface area contributed by atoms with Crippen LogP contribution in [0.25, 0.3) is 0 Å². The van der Waals surface area contributed by atoms with Crippen LogP contribution in [0.2, 0.25) is 0 Å². The van der Waals surface area contributed by atoms with Crippen molar-refractivity contribution in [1.29, 1.82) is 0 Å². The molecule has 0 fully saturated rings. The Morgan fingerprint density at radius 2 is 0.943 bits per heavy atom. The summed E-state index contributed by atoms with van der Waals surface area (Å²) in [6.45, 7) is 0. The number of hydrogen-bond donors (Lipinski definition) is 3. The van der Waals surface area contributed by atoms with E-state index in [4.69, 9.17) is 19.9 Å². The summed E-state index contributed by atoms with van der Waals surface area (Å²) in [5, 5.41) is 6.16. The van der Waals surface area contributed by atoms with Gasteiger partial charge in [-0.1, -0.05) is 24.3 Å². The molecule has 0 atom stereocenters. The van der Waals surface area contributed by atoms with Crippen molar-refractivity contribution in [2.45, 2.75) is 0 Å². The number of primary amides is 1. The zero-order valence-corrected chi connectivity index (χ0v) is 19.2. The molecule has 0 saturated heterocycles. The minimum atomic E-state index is -0.865. The van der Waals surface area contributed by atoms with Gasteiger partial charge in [0.1, 0.15) is 0 Å². The van der Waals surface area contributed by atoms with Crippen molar-refractivity contribution < 1.29 is 33.4 Å². The summed E-state index contributed by atoms with van der Waals surface area (Å²) in [4.78, 5) is 49.1. The fourth-order valence-corrected chi connectivity index (χ4v) is 3.34. The topological polar surface area (TPSA) is 146 Å². The smallest absolute Gasteiger partial charge is 0.339 e. The molecule has 3 aromatic rings. The molecule has 3 rings (SSSR count). The van der Waals surface area contributed by atoms with E-state index >= 15 is 0 Å². The Balaban J connectivity index is 2.21. The number of benzene rings is 3. The molecule has 10 heteroatoms. The van der Waals surface area contributed by atoms with Gasteiger partial charge in [-0.3, -0.25) is 4.79 Å².